The molecule has 0 spiro atoms. The van der Waals surface area contributed by atoms with Crippen LogP contribution < -0.4 is 14.9 Å². The second kappa shape index (κ2) is 9.38. The number of aromatic nitrogens is 4. The molecule has 9 nitrogen and oxygen atoms in total. The van der Waals surface area contributed by atoms with E-state index < -0.39 is 10.0 Å². The summed E-state index contributed by atoms with van der Waals surface area (Å²) in [6, 6.07) is 9.06. The molecule has 0 radical (unpaired) electrons. The molecule has 3 heterocycles. The zero-order valence-electron chi connectivity index (χ0n) is 19.6. The van der Waals surface area contributed by atoms with Crippen LogP contribution in [-0.4, -0.2) is 41.3 Å². The van der Waals surface area contributed by atoms with Crippen LogP contribution in [0.4, 0.5) is 23.1 Å². The number of sulfonamides is 1. The number of nitrogens with zero attached hydrogens (tertiary/aromatic N) is 5. The highest BCUT2D eigenvalue weighted by atomic mass is 32.2. The number of benzene rings is 1. The van der Waals surface area contributed by atoms with Crippen LogP contribution in [0.1, 0.15) is 43.3 Å². The maximum atomic E-state index is 13.0. The summed E-state index contributed by atoms with van der Waals surface area (Å²) in [5.74, 6) is 1.47. The van der Waals surface area contributed by atoms with E-state index in [1.807, 2.05) is 19.9 Å². The van der Waals surface area contributed by atoms with Crippen LogP contribution in [-0.2, 0) is 16.6 Å². The maximum Gasteiger partial charge on any atom is 0.265 e. The van der Waals surface area contributed by atoms with Crippen molar-refractivity contribution in [2.24, 2.45) is 0 Å². The van der Waals surface area contributed by atoms with Crippen LogP contribution in [0.25, 0.3) is 0 Å². The first-order chi connectivity index (χ1) is 15.8. The van der Waals surface area contributed by atoms with E-state index in [2.05, 4.69) is 30.0 Å². The van der Waals surface area contributed by atoms with Gasteiger partial charge >= 0.3 is 0 Å². The number of aryl methyl sites for hydroxylation is 3. The van der Waals surface area contributed by atoms with Crippen molar-refractivity contribution in [3.8, 4) is 0 Å². The molecule has 176 valence electrons. The van der Waals surface area contributed by atoms with Crippen LogP contribution in [0.15, 0.2) is 35.2 Å². The molecule has 1 aliphatic rings. The maximum absolute atomic E-state index is 13.0. The van der Waals surface area contributed by atoms with Gasteiger partial charge in [0.15, 0.2) is 0 Å². The summed E-state index contributed by atoms with van der Waals surface area (Å²) in [6.07, 6.45) is 3.63. The van der Waals surface area contributed by atoms with Crippen molar-refractivity contribution in [3.05, 3.63) is 47.4 Å². The molecule has 1 saturated heterocycles. The summed E-state index contributed by atoms with van der Waals surface area (Å²) in [6.45, 7) is 10.0. The largest absolute Gasteiger partial charge is 0.356 e. The number of anilines is 4. The first-order valence-corrected chi connectivity index (χ1v) is 12.8. The highest BCUT2D eigenvalue weighted by Crippen LogP contribution is 2.25. The van der Waals surface area contributed by atoms with Gasteiger partial charge < -0.3 is 10.2 Å². The van der Waals surface area contributed by atoms with Crippen LogP contribution in [0.2, 0.25) is 0 Å². The molecule has 2 N–H and O–H groups in total. The Labute approximate surface area is 195 Å². The van der Waals surface area contributed by atoms with Gasteiger partial charge in [0.2, 0.25) is 5.95 Å². The van der Waals surface area contributed by atoms with Gasteiger partial charge in [0.25, 0.3) is 10.0 Å². The minimum atomic E-state index is -3.74. The molecule has 0 bridgehead atoms. The number of nitrogens with one attached hydrogen (secondary N) is 2. The molecule has 0 atom stereocenters. The first kappa shape index (κ1) is 23.0. The van der Waals surface area contributed by atoms with Gasteiger partial charge in [-0.3, -0.25) is 9.40 Å². The van der Waals surface area contributed by atoms with E-state index in [4.69, 9.17) is 0 Å². The minimum Gasteiger partial charge on any atom is -0.356 e. The predicted octanol–water partition coefficient (Wildman–Crippen LogP) is 4.15. The van der Waals surface area contributed by atoms with E-state index >= 15 is 0 Å². The predicted molar refractivity (Wildman–Crippen MR) is 131 cm³/mol. The Balaban J connectivity index is 1.49. The van der Waals surface area contributed by atoms with Crippen LogP contribution in [0.5, 0.6) is 0 Å². The monoisotopic (exact) mass is 469 g/mol. The van der Waals surface area contributed by atoms with Crippen molar-refractivity contribution in [3.63, 3.8) is 0 Å². The molecule has 1 fully saturated rings. The third-order valence-corrected chi connectivity index (χ3v) is 7.43. The van der Waals surface area contributed by atoms with Crippen molar-refractivity contribution < 1.29 is 8.42 Å². The van der Waals surface area contributed by atoms with Gasteiger partial charge in [-0.05, 0) is 71.2 Å². The van der Waals surface area contributed by atoms with E-state index in [9.17, 15) is 8.42 Å². The normalized spacial score (nSPS) is 14.4. The number of rotatable bonds is 7. The molecule has 33 heavy (non-hydrogen) atoms. The summed E-state index contributed by atoms with van der Waals surface area (Å²) in [7, 11) is -3.74. The standard InChI is InChI=1S/C23H31N7O2S/c1-5-30-18(4)22(17(3)27-30)33(31,32)28-20-11-9-19(10-12-20)25-23-24-16(2)15-21(26-23)29-13-7-6-8-14-29/h9-12,15,28H,5-8,13-14H2,1-4H3,(H,24,25,26). The molecule has 0 unspecified atom stereocenters. The third-order valence-electron chi connectivity index (χ3n) is 5.80. The third kappa shape index (κ3) is 5.11. The smallest absolute Gasteiger partial charge is 0.265 e. The Bertz CT molecular complexity index is 1230. The highest BCUT2D eigenvalue weighted by Gasteiger charge is 2.24. The Morgan fingerprint density at radius 1 is 0.970 bits per heavy atom. The van der Waals surface area contributed by atoms with Crippen molar-refractivity contribution in [1.82, 2.24) is 19.7 Å². The number of hydrogen-bond acceptors (Lipinski definition) is 7. The van der Waals surface area contributed by atoms with Gasteiger partial charge in [-0.1, -0.05) is 0 Å². The van der Waals surface area contributed by atoms with Gasteiger partial charge in [-0.25, -0.2) is 13.4 Å². The molecule has 0 amide bonds. The van der Waals surface area contributed by atoms with Crippen LogP contribution in [0, 0.1) is 20.8 Å². The summed E-state index contributed by atoms with van der Waals surface area (Å²) in [4.78, 5) is 11.7. The molecule has 0 aliphatic carbocycles. The van der Waals surface area contributed by atoms with E-state index in [1.165, 1.54) is 19.3 Å². The Morgan fingerprint density at radius 3 is 2.27 bits per heavy atom. The van der Waals surface area contributed by atoms with E-state index in [0.29, 0.717) is 29.6 Å². The lowest BCUT2D eigenvalue weighted by Gasteiger charge is -2.28. The molecule has 1 aliphatic heterocycles. The molecule has 3 aromatic rings. The molecule has 4 rings (SSSR count). The lowest BCUT2D eigenvalue weighted by Crippen LogP contribution is -2.30. The Kier molecular flexibility index (Phi) is 6.55. The average Bonchev–Trinajstić information content (AvgIpc) is 3.09. The summed E-state index contributed by atoms with van der Waals surface area (Å²) >= 11 is 0. The zero-order chi connectivity index (χ0) is 23.6. The molecule has 1 aromatic carbocycles. The van der Waals surface area contributed by atoms with Gasteiger partial charge in [-0.15, -0.1) is 0 Å². The van der Waals surface area contributed by atoms with Gasteiger partial charge in [0, 0.05) is 42.8 Å². The van der Waals surface area contributed by atoms with E-state index in [-0.39, 0.29) is 4.90 Å². The van der Waals surface area contributed by atoms with Crippen molar-refractivity contribution in [2.45, 2.75) is 58.4 Å². The molecule has 2 aromatic heterocycles. The Hall–Kier alpha value is -3.14. The first-order valence-electron chi connectivity index (χ1n) is 11.3. The second-order valence-electron chi connectivity index (χ2n) is 8.36. The lowest BCUT2D eigenvalue weighted by atomic mass is 10.1. The van der Waals surface area contributed by atoms with Crippen molar-refractivity contribution >= 4 is 33.2 Å². The zero-order valence-corrected chi connectivity index (χ0v) is 20.4. The van der Waals surface area contributed by atoms with Crippen LogP contribution in [0.3, 0.4) is 0 Å². The summed E-state index contributed by atoms with van der Waals surface area (Å²) in [5, 5.41) is 7.55. The lowest BCUT2D eigenvalue weighted by molar-refractivity contribution is 0.573. The molecular formula is C23H31N7O2S. The average molecular weight is 470 g/mol. The van der Waals surface area contributed by atoms with Gasteiger partial charge in [0.1, 0.15) is 10.7 Å². The SMILES string of the molecule is CCn1nc(C)c(S(=O)(=O)Nc2ccc(Nc3nc(C)cc(N4CCCCC4)n3)cc2)c1C. The highest BCUT2D eigenvalue weighted by molar-refractivity contribution is 7.92. The number of hydrogen-bond donors (Lipinski definition) is 2. The van der Waals surface area contributed by atoms with Gasteiger partial charge in [-0.2, -0.15) is 10.1 Å². The van der Waals surface area contributed by atoms with Gasteiger partial charge in [0.05, 0.1) is 11.4 Å². The fourth-order valence-corrected chi connectivity index (χ4v) is 5.70. The van der Waals surface area contributed by atoms with Crippen molar-refractivity contribution in [2.75, 3.05) is 28.0 Å². The summed E-state index contributed by atoms with van der Waals surface area (Å²) in [5.41, 5.74) is 3.26. The second-order valence-corrected chi connectivity index (χ2v) is 9.98. The van der Waals surface area contributed by atoms with E-state index in [0.717, 1.165) is 30.3 Å². The molecule has 10 heteroatoms. The Morgan fingerprint density at radius 2 is 1.64 bits per heavy atom. The quantitative estimate of drug-likeness (QED) is 0.535. The summed E-state index contributed by atoms with van der Waals surface area (Å²) < 4.78 is 30.3. The number of piperidine rings is 1. The van der Waals surface area contributed by atoms with Crippen molar-refractivity contribution in [1.29, 1.82) is 0 Å². The fourth-order valence-electron chi connectivity index (χ4n) is 4.23. The minimum absolute atomic E-state index is 0.227. The molecular weight excluding hydrogens is 438 g/mol. The molecule has 0 saturated carbocycles. The van der Waals surface area contributed by atoms with Crippen LogP contribution >= 0.6 is 0 Å². The topological polar surface area (TPSA) is 105 Å². The fraction of sp³-hybridized carbons (Fsp3) is 0.435. The van der Waals surface area contributed by atoms with E-state index in [1.54, 1.807) is 42.8 Å².